The zero-order valence-electron chi connectivity index (χ0n) is 25.0. The van der Waals surface area contributed by atoms with E-state index in [1.54, 1.807) is 25.2 Å². The number of nitrogens with one attached hydrogen (secondary N) is 3. The molecule has 4 rings (SSSR count). The molecule has 0 saturated carbocycles. The fraction of sp³-hybridized carbons (Fsp3) is 0.303. The Morgan fingerprint density at radius 3 is 2.14 bits per heavy atom. The van der Waals surface area contributed by atoms with E-state index in [0.29, 0.717) is 38.8 Å². The lowest BCUT2D eigenvalue weighted by Gasteiger charge is -2.04. The predicted molar refractivity (Wildman–Crippen MR) is 165 cm³/mol. The van der Waals surface area contributed by atoms with Crippen molar-refractivity contribution in [1.29, 1.82) is 0 Å². The number of carbonyl (C=O) groups excluding carboxylic acids is 2. The number of carboxylic acids is 2. The van der Waals surface area contributed by atoms with Gasteiger partial charge in [0, 0.05) is 63.3 Å². The van der Waals surface area contributed by atoms with Crippen LogP contribution < -0.4 is 16.0 Å². The molecule has 0 bridgehead atoms. The fourth-order valence-electron chi connectivity index (χ4n) is 5.58. The first kappa shape index (κ1) is 31.0. The van der Waals surface area contributed by atoms with Gasteiger partial charge in [-0.25, -0.2) is 4.99 Å². The van der Waals surface area contributed by atoms with Crippen LogP contribution in [0.3, 0.4) is 0 Å². The van der Waals surface area contributed by atoms with Gasteiger partial charge in [0.25, 0.3) is 11.8 Å². The highest BCUT2D eigenvalue weighted by Gasteiger charge is 2.29. The maximum Gasteiger partial charge on any atom is 0.303 e. The van der Waals surface area contributed by atoms with Crippen molar-refractivity contribution in [2.24, 2.45) is 10.9 Å². The van der Waals surface area contributed by atoms with Crippen LogP contribution in [-0.4, -0.2) is 49.6 Å². The van der Waals surface area contributed by atoms with Crippen LogP contribution in [-0.2, 0) is 32.0 Å². The van der Waals surface area contributed by atoms with Gasteiger partial charge in [-0.1, -0.05) is 25.7 Å². The molecule has 1 saturated heterocycles. The third-order valence-corrected chi connectivity index (χ3v) is 8.14. The van der Waals surface area contributed by atoms with Crippen LogP contribution in [0.2, 0.25) is 0 Å². The summed E-state index contributed by atoms with van der Waals surface area (Å²) >= 11 is 0. The predicted octanol–water partition coefficient (Wildman–Crippen LogP) is 3.14. The quantitative estimate of drug-likeness (QED) is 0.269. The van der Waals surface area contributed by atoms with Gasteiger partial charge in [0.2, 0.25) is 0 Å². The molecule has 1 unspecified atom stereocenters. The first-order valence-electron chi connectivity index (χ1n) is 14.1. The van der Waals surface area contributed by atoms with Crippen molar-refractivity contribution >= 4 is 47.7 Å². The minimum Gasteiger partial charge on any atom is -0.481 e. The number of aromatic nitrogens is 2. The molecule has 1 atom stereocenters. The van der Waals surface area contributed by atoms with Gasteiger partial charge in [-0.05, 0) is 81.0 Å². The number of amides is 2. The lowest BCUT2D eigenvalue weighted by atomic mass is 9.99. The maximum atomic E-state index is 12.4. The van der Waals surface area contributed by atoms with E-state index in [1.165, 1.54) is 0 Å². The molecule has 0 aliphatic carbocycles. The molecule has 5 N–H and O–H groups in total. The second-order valence-corrected chi connectivity index (χ2v) is 10.8. The van der Waals surface area contributed by atoms with Crippen molar-refractivity contribution in [3.63, 3.8) is 0 Å². The summed E-state index contributed by atoms with van der Waals surface area (Å²) in [7, 11) is 0. The molecule has 10 nitrogen and oxygen atoms in total. The highest BCUT2D eigenvalue weighted by molar-refractivity contribution is 6.32. The molecule has 2 aliphatic heterocycles. The highest BCUT2D eigenvalue weighted by Crippen LogP contribution is 2.29. The Morgan fingerprint density at radius 2 is 1.56 bits per heavy atom. The molecule has 1 fully saturated rings. The highest BCUT2D eigenvalue weighted by atomic mass is 16.4. The van der Waals surface area contributed by atoms with Crippen molar-refractivity contribution in [1.82, 2.24) is 15.3 Å². The second kappa shape index (κ2) is 12.5. The van der Waals surface area contributed by atoms with E-state index in [-0.39, 0.29) is 43.4 Å². The molecule has 2 aromatic rings. The first-order chi connectivity index (χ1) is 20.4. The van der Waals surface area contributed by atoms with Gasteiger partial charge < -0.3 is 25.5 Å². The molecule has 0 radical (unpaired) electrons. The van der Waals surface area contributed by atoms with Crippen LogP contribution in [0.1, 0.15) is 67.3 Å². The first-order valence-corrected chi connectivity index (χ1v) is 14.1. The summed E-state index contributed by atoms with van der Waals surface area (Å²) in [4.78, 5) is 58.5. The Balaban J connectivity index is 1.91. The Morgan fingerprint density at radius 1 is 0.907 bits per heavy atom. The number of hydrogen-bond donors (Lipinski definition) is 5. The molecule has 2 aliphatic rings. The monoisotopic (exact) mass is 584 g/mol. The number of hydrogen-bond acceptors (Lipinski definition) is 4. The average Bonchev–Trinajstić information content (AvgIpc) is 3.59. The SMILES string of the molecule is C=CC1=C(C)C(=O)N=C1/C=c1/[nH]/c(=C\c2[nH]c(/C=C3/NC(=O)/C(=C/C)C3C)c(C)c2CCC(=O)O)c(CCC(=O)O)c1C. The number of aliphatic carboxylic acids is 2. The molecule has 4 heterocycles. The van der Waals surface area contributed by atoms with E-state index in [0.717, 1.165) is 33.6 Å². The van der Waals surface area contributed by atoms with Gasteiger partial charge in [-0.3, -0.25) is 19.2 Å². The minimum absolute atomic E-state index is 0.0794. The van der Waals surface area contributed by atoms with Gasteiger partial charge in [0.15, 0.2) is 0 Å². The zero-order chi connectivity index (χ0) is 31.6. The number of H-pyrrole nitrogens is 2. The van der Waals surface area contributed by atoms with Crippen molar-refractivity contribution in [2.45, 2.75) is 60.3 Å². The summed E-state index contributed by atoms with van der Waals surface area (Å²) in [6.45, 7) is 13.0. The Kier molecular flexibility index (Phi) is 8.99. The van der Waals surface area contributed by atoms with Crippen molar-refractivity contribution in [3.05, 3.63) is 85.5 Å². The molecule has 0 spiro atoms. The van der Waals surface area contributed by atoms with Crippen molar-refractivity contribution < 1.29 is 29.4 Å². The van der Waals surface area contributed by atoms with E-state index in [4.69, 9.17) is 0 Å². The normalized spacial score (nSPS) is 19.7. The standard InChI is InChI=1S/C33H36N4O6/c1-7-20-19(6)32(42)37-27(20)14-25-18(5)23(10-12-31(40)41)29(35-25)15-28-22(9-11-30(38)39)17(4)24(34-28)13-26-16(3)21(8-2)33(43)36-26/h7-8,13-16,34-35H,1,9-12H2,2-6H3,(H,36,43)(H,38,39)(H,40,41)/b21-8+,25-14+,26-13+,29-15-. The largest absolute Gasteiger partial charge is 0.481 e. The third kappa shape index (κ3) is 6.28. The summed E-state index contributed by atoms with van der Waals surface area (Å²) in [6, 6.07) is 0. The van der Waals surface area contributed by atoms with Crippen LogP contribution in [0, 0.1) is 19.8 Å². The van der Waals surface area contributed by atoms with Gasteiger partial charge in [-0.2, -0.15) is 0 Å². The Hall–Kier alpha value is -4.99. The topological polar surface area (TPSA) is 165 Å². The number of aliphatic imine (C=N–C) groups is 1. The minimum atomic E-state index is -0.935. The van der Waals surface area contributed by atoms with Crippen LogP contribution in [0.15, 0.2) is 46.1 Å². The number of carbonyl (C=O) groups is 4. The molecule has 224 valence electrons. The van der Waals surface area contributed by atoms with Gasteiger partial charge in [0.1, 0.15) is 0 Å². The molecule has 0 aromatic carbocycles. The summed E-state index contributed by atoms with van der Waals surface area (Å²) in [5.41, 5.74) is 7.70. The number of nitrogens with zero attached hydrogens (tertiary/aromatic N) is 1. The molecular formula is C33H36N4O6. The summed E-state index contributed by atoms with van der Waals surface area (Å²) in [5.74, 6) is -2.45. The average molecular weight is 585 g/mol. The molecule has 2 amide bonds. The Labute approximate surface area is 249 Å². The lowest BCUT2D eigenvalue weighted by molar-refractivity contribution is -0.138. The smallest absolute Gasteiger partial charge is 0.303 e. The van der Waals surface area contributed by atoms with E-state index in [9.17, 15) is 29.4 Å². The summed E-state index contributed by atoms with van der Waals surface area (Å²) in [5, 5.41) is 23.1. The fourth-order valence-corrected chi connectivity index (χ4v) is 5.58. The number of allylic oxidation sites excluding steroid dienone is 4. The van der Waals surface area contributed by atoms with Crippen LogP contribution >= 0.6 is 0 Å². The van der Waals surface area contributed by atoms with E-state index >= 15 is 0 Å². The van der Waals surface area contributed by atoms with Gasteiger partial charge in [-0.15, -0.1) is 0 Å². The molecule has 10 heteroatoms. The van der Waals surface area contributed by atoms with Crippen molar-refractivity contribution in [3.8, 4) is 0 Å². The van der Waals surface area contributed by atoms with Gasteiger partial charge >= 0.3 is 11.9 Å². The second-order valence-electron chi connectivity index (χ2n) is 10.8. The number of aromatic amines is 2. The van der Waals surface area contributed by atoms with E-state index < -0.39 is 11.9 Å². The van der Waals surface area contributed by atoms with Crippen LogP contribution in [0.5, 0.6) is 0 Å². The number of rotatable bonds is 10. The van der Waals surface area contributed by atoms with E-state index in [2.05, 4.69) is 26.9 Å². The molecule has 43 heavy (non-hydrogen) atoms. The molecular weight excluding hydrogens is 548 g/mol. The Bertz CT molecular complexity index is 1810. The number of carboxylic acid groups (broad SMARTS) is 2. The third-order valence-electron chi connectivity index (χ3n) is 8.14. The van der Waals surface area contributed by atoms with Crippen LogP contribution in [0.4, 0.5) is 0 Å². The summed E-state index contributed by atoms with van der Waals surface area (Å²) in [6.07, 6.45) is 9.23. The summed E-state index contributed by atoms with van der Waals surface area (Å²) < 4.78 is 0. The van der Waals surface area contributed by atoms with Crippen LogP contribution in [0.25, 0.3) is 18.2 Å². The van der Waals surface area contributed by atoms with E-state index in [1.807, 2.05) is 39.8 Å². The van der Waals surface area contributed by atoms with Crippen molar-refractivity contribution in [2.75, 3.05) is 0 Å². The zero-order valence-corrected chi connectivity index (χ0v) is 25.0. The molecule has 2 aromatic heterocycles. The lowest BCUT2D eigenvalue weighted by Crippen LogP contribution is -2.15. The maximum absolute atomic E-state index is 12.4. The van der Waals surface area contributed by atoms with Gasteiger partial charge in [0.05, 0.1) is 5.71 Å².